The van der Waals surface area contributed by atoms with Crippen molar-refractivity contribution in [3.63, 3.8) is 0 Å². The van der Waals surface area contributed by atoms with Crippen molar-refractivity contribution in [1.29, 1.82) is 0 Å². The number of aryl methyl sites for hydroxylation is 2. The van der Waals surface area contributed by atoms with Crippen molar-refractivity contribution < 1.29 is 9.53 Å². The zero-order valence-electron chi connectivity index (χ0n) is 15.2. The van der Waals surface area contributed by atoms with Gasteiger partial charge in [0.15, 0.2) is 0 Å². The van der Waals surface area contributed by atoms with E-state index in [4.69, 9.17) is 4.74 Å². The molecule has 0 saturated carbocycles. The number of carbonyl (C=O) groups excluding carboxylic acids is 1. The minimum atomic E-state index is -0.432. The Bertz CT molecular complexity index is 539. The number of nitrogens with one attached hydrogen (secondary N) is 1. The van der Waals surface area contributed by atoms with Crippen molar-refractivity contribution in [3.8, 4) is 0 Å². The predicted molar refractivity (Wildman–Crippen MR) is 90.3 cm³/mol. The largest absolute Gasteiger partial charge is 0.444 e. The van der Waals surface area contributed by atoms with Crippen LogP contribution in [0.5, 0.6) is 0 Å². The van der Waals surface area contributed by atoms with Crippen LogP contribution in [0.2, 0.25) is 0 Å². The Kier molecular flexibility index (Phi) is 5.34. The number of hydrogen-bond donors (Lipinski definition) is 1. The van der Waals surface area contributed by atoms with Gasteiger partial charge in [0.05, 0.1) is 5.69 Å². The first-order valence-electron chi connectivity index (χ1n) is 8.40. The normalized spacial score (nSPS) is 18.1. The third kappa shape index (κ3) is 4.96. The highest BCUT2D eigenvalue weighted by atomic mass is 16.6. The average Bonchev–Trinajstić information content (AvgIpc) is 2.76. The van der Waals surface area contributed by atoms with Crippen molar-refractivity contribution in [1.82, 2.24) is 20.0 Å². The molecular formula is C17H30N4O2. The number of rotatable bonds is 3. The molecule has 1 fully saturated rings. The Labute approximate surface area is 139 Å². The van der Waals surface area contributed by atoms with Crippen LogP contribution in [0.4, 0.5) is 4.79 Å². The summed E-state index contributed by atoms with van der Waals surface area (Å²) in [6.07, 6.45) is 3.77. The number of piperidine rings is 1. The summed E-state index contributed by atoms with van der Waals surface area (Å²) in [4.78, 5) is 13.9. The van der Waals surface area contributed by atoms with Gasteiger partial charge in [0.2, 0.25) is 0 Å². The zero-order valence-corrected chi connectivity index (χ0v) is 15.2. The fourth-order valence-electron chi connectivity index (χ4n) is 3.04. The highest BCUT2D eigenvalue weighted by Gasteiger charge is 2.27. The van der Waals surface area contributed by atoms with Gasteiger partial charge in [-0.15, -0.1) is 0 Å². The van der Waals surface area contributed by atoms with Crippen LogP contribution in [-0.2, 0) is 11.8 Å². The van der Waals surface area contributed by atoms with E-state index in [-0.39, 0.29) is 12.1 Å². The van der Waals surface area contributed by atoms with E-state index in [2.05, 4.69) is 23.5 Å². The van der Waals surface area contributed by atoms with E-state index in [0.29, 0.717) is 6.04 Å². The molecule has 1 atom stereocenters. The summed E-state index contributed by atoms with van der Waals surface area (Å²) in [5, 5.41) is 8.07. The Morgan fingerprint density at radius 2 is 2.00 bits per heavy atom. The van der Waals surface area contributed by atoms with E-state index in [0.717, 1.165) is 31.6 Å². The predicted octanol–water partition coefficient (Wildman–Crippen LogP) is 2.78. The van der Waals surface area contributed by atoms with Crippen LogP contribution in [0, 0.1) is 6.92 Å². The second-order valence-corrected chi connectivity index (χ2v) is 7.47. The fraction of sp³-hybridized carbons (Fsp3) is 0.765. The van der Waals surface area contributed by atoms with Gasteiger partial charge in [0.25, 0.3) is 0 Å². The van der Waals surface area contributed by atoms with E-state index in [1.54, 1.807) is 0 Å². The second-order valence-electron chi connectivity index (χ2n) is 7.47. The first-order chi connectivity index (χ1) is 10.7. The van der Waals surface area contributed by atoms with Crippen LogP contribution in [0.3, 0.4) is 0 Å². The maximum atomic E-state index is 12.1. The lowest BCUT2D eigenvalue weighted by Gasteiger charge is -2.34. The molecular weight excluding hydrogens is 292 g/mol. The molecule has 1 amide bonds. The highest BCUT2D eigenvalue weighted by Crippen LogP contribution is 2.20. The summed E-state index contributed by atoms with van der Waals surface area (Å²) in [5.74, 6) is 0. The topological polar surface area (TPSA) is 59.4 Å². The number of nitrogens with zero attached hydrogens (tertiary/aromatic N) is 3. The molecule has 1 unspecified atom stereocenters. The highest BCUT2D eigenvalue weighted by molar-refractivity contribution is 5.68. The molecule has 6 nitrogen and oxygen atoms in total. The van der Waals surface area contributed by atoms with E-state index in [1.165, 1.54) is 5.56 Å². The van der Waals surface area contributed by atoms with Crippen LogP contribution >= 0.6 is 0 Å². The third-order valence-corrected chi connectivity index (χ3v) is 4.15. The minimum absolute atomic E-state index is 0.202. The molecule has 130 valence electrons. The average molecular weight is 322 g/mol. The third-order valence-electron chi connectivity index (χ3n) is 4.15. The molecule has 1 aliphatic heterocycles. The molecule has 23 heavy (non-hydrogen) atoms. The first kappa shape index (κ1) is 17.8. The van der Waals surface area contributed by atoms with Crippen LogP contribution in [0.1, 0.15) is 57.8 Å². The maximum absolute atomic E-state index is 12.1. The van der Waals surface area contributed by atoms with Gasteiger partial charge in [0.1, 0.15) is 5.60 Å². The SMILES string of the molecule is Cc1nn(C)cc1C(C)NC1CCN(C(=O)OC(C)(C)C)CC1. The molecule has 0 aliphatic carbocycles. The number of ether oxygens (including phenoxy) is 1. The second kappa shape index (κ2) is 6.91. The Morgan fingerprint density at radius 1 is 1.39 bits per heavy atom. The van der Waals surface area contributed by atoms with Gasteiger partial charge in [-0.05, 0) is 47.5 Å². The quantitative estimate of drug-likeness (QED) is 0.929. The molecule has 6 heteroatoms. The van der Waals surface area contributed by atoms with Crippen LogP contribution in [-0.4, -0.2) is 45.5 Å². The molecule has 2 rings (SSSR count). The number of aromatic nitrogens is 2. The van der Waals surface area contributed by atoms with Crippen molar-refractivity contribution in [3.05, 3.63) is 17.5 Å². The molecule has 0 aromatic carbocycles. The van der Waals surface area contributed by atoms with Gasteiger partial charge in [-0.1, -0.05) is 0 Å². The lowest BCUT2D eigenvalue weighted by Crippen LogP contribution is -2.47. The Morgan fingerprint density at radius 3 is 2.48 bits per heavy atom. The number of carbonyl (C=O) groups is 1. The summed E-state index contributed by atoms with van der Waals surface area (Å²) in [6, 6.07) is 0.685. The van der Waals surface area contributed by atoms with E-state index < -0.39 is 5.60 Å². The molecule has 1 N–H and O–H groups in total. The molecule has 1 aromatic heterocycles. The number of likely N-dealkylation sites (tertiary alicyclic amines) is 1. The Hall–Kier alpha value is -1.56. The lowest BCUT2D eigenvalue weighted by molar-refractivity contribution is 0.0196. The fourth-order valence-corrected chi connectivity index (χ4v) is 3.04. The standard InChI is InChI=1S/C17H30N4O2/c1-12(15-11-20(6)19-13(15)2)18-14-7-9-21(10-8-14)16(22)23-17(3,4)5/h11-12,14,18H,7-10H2,1-6H3. The molecule has 0 spiro atoms. The van der Waals surface area contributed by atoms with Crippen molar-refractivity contribution in [2.75, 3.05) is 13.1 Å². The van der Waals surface area contributed by atoms with E-state index in [9.17, 15) is 4.79 Å². The zero-order chi connectivity index (χ0) is 17.2. The summed E-state index contributed by atoms with van der Waals surface area (Å²) >= 11 is 0. The summed E-state index contributed by atoms with van der Waals surface area (Å²) < 4.78 is 7.29. The number of amides is 1. The van der Waals surface area contributed by atoms with Crippen LogP contribution in [0.25, 0.3) is 0 Å². The summed E-state index contributed by atoms with van der Waals surface area (Å²) in [7, 11) is 1.95. The smallest absolute Gasteiger partial charge is 0.410 e. The molecule has 0 bridgehead atoms. The molecule has 0 radical (unpaired) electrons. The Balaban J connectivity index is 1.83. The lowest BCUT2D eigenvalue weighted by atomic mass is 10.0. The summed E-state index contributed by atoms with van der Waals surface area (Å²) in [6.45, 7) is 11.4. The molecule has 1 aliphatic rings. The summed E-state index contributed by atoms with van der Waals surface area (Å²) in [5.41, 5.74) is 1.87. The molecule has 1 saturated heterocycles. The molecule has 1 aromatic rings. The monoisotopic (exact) mass is 322 g/mol. The van der Waals surface area contributed by atoms with Crippen molar-refractivity contribution in [2.24, 2.45) is 7.05 Å². The molecule has 2 heterocycles. The van der Waals surface area contributed by atoms with Gasteiger partial charge in [-0.2, -0.15) is 5.10 Å². The van der Waals surface area contributed by atoms with Crippen LogP contribution < -0.4 is 5.32 Å². The van der Waals surface area contributed by atoms with Gasteiger partial charge in [-0.3, -0.25) is 4.68 Å². The number of hydrogen-bond acceptors (Lipinski definition) is 4. The minimum Gasteiger partial charge on any atom is -0.444 e. The van der Waals surface area contributed by atoms with Gasteiger partial charge in [0, 0.05) is 44.0 Å². The van der Waals surface area contributed by atoms with Crippen molar-refractivity contribution >= 4 is 6.09 Å². The van der Waals surface area contributed by atoms with E-state index in [1.807, 2.05) is 44.3 Å². The van der Waals surface area contributed by atoms with Crippen LogP contribution in [0.15, 0.2) is 6.20 Å². The van der Waals surface area contributed by atoms with Crippen molar-refractivity contribution in [2.45, 2.75) is 65.1 Å². The van der Waals surface area contributed by atoms with Gasteiger partial charge in [-0.25, -0.2) is 4.79 Å². The van der Waals surface area contributed by atoms with Gasteiger partial charge >= 0.3 is 6.09 Å². The first-order valence-corrected chi connectivity index (χ1v) is 8.40. The van der Waals surface area contributed by atoms with Gasteiger partial charge < -0.3 is 15.0 Å². The van der Waals surface area contributed by atoms with E-state index >= 15 is 0 Å². The maximum Gasteiger partial charge on any atom is 0.410 e.